The summed E-state index contributed by atoms with van der Waals surface area (Å²) in [6, 6.07) is 11.0. The van der Waals surface area contributed by atoms with E-state index in [-0.39, 0.29) is 6.04 Å². The van der Waals surface area contributed by atoms with E-state index in [0.717, 1.165) is 16.8 Å². The number of rotatable bonds is 3. The maximum atomic E-state index is 6.04. The largest absolute Gasteiger partial charge is 0.282 e. The lowest BCUT2D eigenvalue weighted by atomic mass is 10.1. The fourth-order valence-corrected chi connectivity index (χ4v) is 2.54. The van der Waals surface area contributed by atoms with Crippen LogP contribution in [-0.4, -0.2) is 5.71 Å². The van der Waals surface area contributed by atoms with Gasteiger partial charge in [0.25, 0.3) is 0 Å². The Bertz CT molecular complexity index is 695. The number of hydrogen-bond donors (Lipinski definition) is 0. The van der Waals surface area contributed by atoms with Crippen molar-refractivity contribution in [2.24, 2.45) is 4.99 Å². The monoisotopic (exact) mass is 359 g/mol. The first-order valence-corrected chi connectivity index (χ1v) is 7.84. The second-order valence-corrected chi connectivity index (χ2v) is 6.32. The molecule has 1 unspecified atom stereocenters. The summed E-state index contributed by atoms with van der Waals surface area (Å²) in [6.07, 6.45) is 0. The quantitative estimate of drug-likeness (QED) is 0.529. The lowest BCUT2D eigenvalue weighted by Crippen LogP contribution is -1.99. The van der Waals surface area contributed by atoms with Crippen molar-refractivity contribution in [3.8, 4) is 0 Å². The fraction of sp³-hybridized carbons (Fsp3) is 0.188. The molecule has 2 aromatic rings. The third-order valence-electron chi connectivity index (χ3n) is 3.15. The van der Waals surface area contributed by atoms with Gasteiger partial charge in [0.15, 0.2) is 0 Å². The molecule has 5 heteroatoms. The Morgan fingerprint density at radius 2 is 1.43 bits per heavy atom. The third-order valence-corrected chi connectivity index (χ3v) is 4.63. The first-order valence-electron chi connectivity index (χ1n) is 6.33. The Morgan fingerprint density at radius 3 is 2.00 bits per heavy atom. The molecule has 1 nitrogen and oxygen atoms in total. The summed E-state index contributed by atoms with van der Waals surface area (Å²) in [5.74, 6) is 0. The van der Waals surface area contributed by atoms with Crippen LogP contribution in [0.3, 0.4) is 0 Å². The van der Waals surface area contributed by atoms with E-state index in [1.807, 2.05) is 38.1 Å². The Balaban J connectivity index is 2.28. The van der Waals surface area contributed by atoms with Crippen molar-refractivity contribution in [3.05, 3.63) is 67.6 Å². The molecule has 110 valence electrons. The van der Waals surface area contributed by atoms with Gasteiger partial charge in [-0.1, -0.05) is 58.5 Å². The molecule has 0 aliphatic carbocycles. The SMILES string of the molecule is CC(=NC(C)c1ccc(Cl)c(Cl)c1)c1ccc(Cl)c(Cl)c1. The summed E-state index contributed by atoms with van der Waals surface area (Å²) >= 11 is 23.9. The molecule has 0 spiro atoms. The Kier molecular flexibility index (Phi) is 5.56. The van der Waals surface area contributed by atoms with Crippen molar-refractivity contribution in [1.29, 1.82) is 0 Å². The molecule has 0 bridgehead atoms. The van der Waals surface area contributed by atoms with Gasteiger partial charge >= 0.3 is 0 Å². The number of aliphatic imine (C=N–C) groups is 1. The second kappa shape index (κ2) is 7.02. The van der Waals surface area contributed by atoms with Gasteiger partial charge < -0.3 is 0 Å². The Labute approximate surface area is 144 Å². The van der Waals surface area contributed by atoms with E-state index < -0.39 is 0 Å². The standard InChI is InChI=1S/C16H13Cl4N/c1-9(11-3-5-13(17)15(19)7-11)21-10(2)12-4-6-14(18)16(20)8-12/h3-9H,1-2H3. The maximum absolute atomic E-state index is 6.04. The van der Waals surface area contributed by atoms with Gasteiger partial charge in [-0.2, -0.15) is 0 Å². The summed E-state index contributed by atoms with van der Waals surface area (Å²) in [5.41, 5.74) is 2.83. The highest BCUT2D eigenvalue weighted by molar-refractivity contribution is 6.42. The number of benzene rings is 2. The minimum absolute atomic E-state index is 0.0331. The van der Waals surface area contributed by atoms with Crippen molar-refractivity contribution in [3.63, 3.8) is 0 Å². The predicted molar refractivity (Wildman–Crippen MR) is 93.6 cm³/mol. The molecule has 0 heterocycles. The summed E-state index contributed by atoms with van der Waals surface area (Å²) in [5, 5.41) is 2.12. The van der Waals surface area contributed by atoms with Gasteiger partial charge in [-0.25, -0.2) is 0 Å². The van der Waals surface area contributed by atoms with Crippen molar-refractivity contribution < 1.29 is 0 Å². The zero-order valence-corrected chi connectivity index (χ0v) is 14.5. The third kappa shape index (κ3) is 4.14. The average molecular weight is 361 g/mol. The van der Waals surface area contributed by atoms with Gasteiger partial charge in [0.05, 0.1) is 26.1 Å². The Morgan fingerprint density at radius 1 is 0.857 bits per heavy atom. The topological polar surface area (TPSA) is 12.4 Å². The van der Waals surface area contributed by atoms with Gasteiger partial charge in [0, 0.05) is 5.71 Å². The number of nitrogens with zero attached hydrogens (tertiary/aromatic N) is 1. The highest BCUT2D eigenvalue weighted by Crippen LogP contribution is 2.28. The van der Waals surface area contributed by atoms with Crippen LogP contribution in [0.4, 0.5) is 0 Å². The van der Waals surface area contributed by atoms with Gasteiger partial charge in [0.1, 0.15) is 0 Å². The summed E-state index contributed by atoms with van der Waals surface area (Å²) in [4.78, 5) is 4.67. The fourth-order valence-electron chi connectivity index (χ4n) is 1.93. The highest BCUT2D eigenvalue weighted by atomic mass is 35.5. The average Bonchev–Trinajstić information content (AvgIpc) is 2.44. The summed E-state index contributed by atoms with van der Waals surface area (Å²) in [6.45, 7) is 3.94. The smallest absolute Gasteiger partial charge is 0.0724 e. The van der Waals surface area contributed by atoms with Crippen molar-refractivity contribution >= 4 is 52.1 Å². The first kappa shape index (κ1) is 16.6. The molecule has 0 fully saturated rings. The molecule has 0 aromatic heterocycles. The van der Waals surface area contributed by atoms with Crippen LogP contribution in [0.5, 0.6) is 0 Å². The summed E-state index contributed by atoms with van der Waals surface area (Å²) < 4.78 is 0. The van der Waals surface area contributed by atoms with E-state index in [0.29, 0.717) is 20.1 Å². The lowest BCUT2D eigenvalue weighted by Gasteiger charge is -2.11. The normalized spacial score (nSPS) is 13.3. The van der Waals surface area contributed by atoms with Gasteiger partial charge in [0.2, 0.25) is 0 Å². The molecule has 1 atom stereocenters. The van der Waals surface area contributed by atoms with Crippen LogP contribution in [-0.2, 0) is 0 Å². The van der Waals surface area contributed by atoms with Crippen LogP contribution in [0.2, 0.25) is 20.1 Å². The van der Waals surface area contributed by atoms with Crippen molar-refractivity contribution in [2.75, 3.05) is 0 Å². The molecule has 0 aliphatic heterocycles. The molecule has 21 heavy (non-hydrogen) atoms. The molecule has 0 radical (unpaired) electrons. The predicted octanol–water partition coefficient (Wildman–Crippen LogP) is 6.87. The van der Waals surface area contributed by atoms with Crippen LogP contribution in [0, 0.1) is 0 Å². The molecule has 0 amide bonds. The number of hydrogen-bond acceptors (Lipinski definition) is 1. The maximum Gasteiger partial charge on any atom is 0.0724 e. The molecule has 0 saturated carbocycles. The van der Waals surface area contributed by atoms with Gasteiger partial charge in [-0.15, -0.1) is 0 Å². The number of halogens is 4. The second-order valence-electron chi connectivity index (χ2n) is 4.69. The van der Waals surface area contributed by atoms with E-state index in [9.17, 15) is 0 Å². The molecular weight excluding hydrogens is 348 g/mol. The van der Waals surface area contributed by atoms with Crippen molar-refractivity contribution in [2.45, 2.75) is 19.9 Å². The van der Waals surface area contributed by atoms with Crippen molar-refractivity contribution in [1.82, 2.24) is 0 Å². The van der Waals surface area contributed by atoms with Crippen LogP contribution in [0.15, 0.2) is 41.4 Å². The Hall–Kier alpha value is -0.730. The minimum Gasteiger partial charge on any atom is -0.282 e. The highest BCUT2D eigenvalue weighted by Gasteiger charge is 2.08. The zero-order chi connectivity index (χ0) is 15.6. The molecule has 2 aromatic carbocycles. The molecule has 0 aliphatic rings. The van der Waals surface area contributed by atoms with Crippen LogP contribution in [0.1, 0.15) is 31.0 Å². The van der Waals surface area contributed by atoms with Gasteiger partial charge in [-0.05, 0) is 49.2 Å². The minimum atomic E-state index is -0.0331. The first-order chi connectivity index (χ1) is 9.88. The van der Waals surface area contributed by atoms with Crippen LogP contribution >= 0.6 is 46.4 Å². The zero-order valence-electron chi connectivity index (χ0n) is 11.5. The molecule has 0 N–H and O–H groups in total. The van der Waals surface area contributed by atoms with E-state index in [1.165, 1.54) is 0 Å². The lowest BCUT2D eigenvalue weighted by molar-refractivity contribution is 0.820. The van der Waals surface area contributed by atoms with Crippen LogP contribution < -0.4 is 0 Å². The van der Waals surface area contributed by atoms with Crippen LogP contribution in [0.25, 0.3) is 0 Å². The van der Waals surface area contributed by atoms with E-state index in [2.05, 4.69) is 4.99 Å². The summed E-state index contributed by atoms with van der Waals surface area (Å²) in [7, 11) is 0. The molecular formula is C16H13Cl4N. The van der Waals surface area contributed by atoms with E-state index in [1.54, 1.807) is 12.1 Å². The molecule has 2 rings (SSSR count). The van der Waals surface area contributed by atoms with E-state index >= 15 is 0 Å². The molecule has 0 saturated heterocycles. The van der Waals surface area contributed by atoms with E-state index in [4.69, 9.17) is 46.4 Å². The van der Waals surface area contributed by atoms with Gasteiger partial charge in [-0.3, -0.25) is 4.99 Å².